The van der Waals surface area contributed by atoms with E-state index < -0.39 is 23.3 Å². The van der Waals surface area contributed by atoms with E-state index in [-0.39, 0.29) is 18.4 Å². The zero-order chi connectivity index (χ0) is 17.2. The van der Waals surface area contributed by atoms with Crippen LogP contribution < -0.4 is 5.32 Å². The van der Waals surface area contributed by atoms with E-state index in [1.807, 2.05) is 13.8 Å². The van der Waals surface area contributed by atoms with Crippen molar-refractivity contribution in [2.24, 2.45) is 11.3 Å². The van der Waals surface area contributed by atoms with Gasteiger partial charge in [-0.15, -0.1) is 0 Å². The average Bonchev–Trinajstić information content (AvgIpc) is 3.16. The van der Waals surface area contributed by atoms with E-state index in [0.29, 0.717) is 18.5 Å². The van der Waals surface area contributed by atoms with Gasteiger partial charge in [0, 0.05) is 13.1 Å². The Bertz CT molecular complexity index is 596. The van der Waals surface area contributed by atoms with E-state index in [1.165, 1.54) is 23.5 Å². The number of carbonyl (C=O) groups is 3. The van der Waals surface area contributed by atoms with Gasteiger partial charge in [-0.2, -0.15) is 0 Å². The smallest absolute Gasteiger partial charge is 0.311 e. The molecule has 2 amide bonds. The van der Waals surface area contributed by atoms with E-state index in [1.54, 1.807) is 6.92 Å². The first-order valence-corrected chi connectivity index (χ1v) is 7.63. The second-order valence-corrected chi connectivity index (χ2v) is 6.33. The molecule has 2 N–H and O–H groups in total. The van der Waals surface area contributed by atoms with Crippen molar-refractivity contribution < 1.29 is 23.9 Å². The molecule has 0 bridgehead atoms. The van der Waals surface area contributed by atoms with Crippen LogP contribution in [0.1, 0.15) is 37.6 Å². The van der Waals surface area contributed by atoms with Crippen molar-refractivity contribution in [3.8, 4) is 0 Å². The summed E-state index contributed by atoms with van der Waals surface area (Å²) in [5.74, 6) is -1.62. The summed E-state index contributed by atoms with van der Waals surface area (Å²) in [7, 11) is 0. The summed E-state index contributed by atoms with van der Waals surface area (Å²) in [4.78, 5) is 37.6. The number of hydrogen-bond donors (Lipinski definition) is 2. The molecular formula is C16H22N2O5. The van der Waals surface area contributed by atoms with E-state index in [2.05, 4.69) is 5.32 Å². The molecule has 0 radical (unpaired) electrons. The molecule has 2 unspecified atom stereocenters. The fourth-order valence-electron chi connectivity index (χ4n) is 2.92. The molecule has 2 rings (SSSR count). The maximum Gasteiger partial charge on any atom is 0.311 e. The highest BCUT2D eigenvalue weighted by atomic mass is 16.4. The first-order valence-electron chi connectivity index (χ1n) is 7.63. The maximum absolute atomic E-state index is 12.5. The van der Waals surface area contributed by atoms with Gasteiger partial charge in [0.25, 0.3) is 5.91 Å². The minimum atomic E-state index is -0.913. The van der Waals surface area contributed by atoms with Crippen LogP contribution in [0.2, 0.25) is 0 Å². The lowest BCUT2D eigenvalue weighted by atomic mass is 9.76. The molecule has 0 aliphatic carbocycles. The number of carboxylic acids is 1. The van der Waals surface area contributed by atoms with Gasteiger partial charge in [-0.25, -0.2) is 0 Å². The molecular weight excluding hydrogens is 300 g/mol. The fourth-order valence-corrected chi connectivity index (χ4v) is 2.92. The molecule has 7 nitrogen and oxygen atoms in total. The standard InChI is InChI=1S/C16H22N2O5/c1-10(2)16(15(21)22)5-6-18(9-16)14(20)11(3)17-13(19)12-4-7-23-8-12/h4,7-8,10-11H,5-6,9H2,1-3H3,(H,17,19)(H,21,22). The van der Waals surface area contributed by atoms with Gasteiger partial charge in [-0.3, -0.25) is 14.4 Å². The molecule has 1 fully saturated rings. The number of carbonyl (C=O) groups excluding carboxylic acids is 2. The highest BCUT2D eigenvalue weighted by molar-refractivity contribution is 5.97. The van der Waals surface area contributed by atoms with E-state index >= 15 is 0 Å². The molecule has 0 aromatic carbocycles. The number of nitrogens with zero attached hydrogens (tertiary/aromatic N) is 1. The van der Waals surface area contributed by atoms with Crippen LogP contribution in [0.4, 0.5) is 0 Å². The lowest BCUT2D eigenvalue weighted by Gasteiger charge is -2.29. The van der Waals surface area contributed by atoms with Gasteiger partial charge < -0.3 is 19.7 Å². The average molecular weight is 322 g/mol. The number of rotatable bonds is 5. The van der Waals surface area contributed by atoms with Crippen molar-refractivity contribution >= 4 is 17.8 Å². The normalized spacial score (nSPS) is 22.2. The predicted molar refractivity (Wildman–Crippen MR) is 81.7 cm³/mol. The van der Waals surface area contributed by atoms with Crippen molar-refractivity contribution in [3.05, 3.63) is 24.2 Å². The molecule has 2 heterocycles. The molecule has 0 saturated carbocycles. The summed E-state index contributed by atoms with van der Waals surface area (Å²) in [6.07, 6.45) is 3.11. The van der Waals surface area contributed by atoms with E-state index in [9.17, 15) is 19.5 Å². The van der Waals surface area contributed by atoms with Crippen molar-refractivity contribution in [1.29, 1.82) is 0 Å². The zero-order valence-corrected chi connectivity index (χ0v) is 13.5. The zero-order valence-electron chi connectivity index (χ0n) is 13.5. The predicted octanol–water partition coefficient (Wildman–Crippen LogP) is 1.36. The summed E-state index contributed by atoms with van der Waals surface area (Å²) in [6.45, 7) is 5.86. The Balaban J connectivity index is 2.01. The van der Waals surface area contributed by atoms with Crippen LogP contribution in [0.5, 0.6) is 0 Å². The summed E-state index contributed by atoms with van der Waals surface area (Å²) >= 11 is 0. The van der Waals surface area contributed by atoms with Crippen molar-refractivity contribution in [2.75, 3.05) is 13.1 Å². The van der Waals surface area contributed by atoms with Crippen LogP contribution >= 0.6 is 0 Å². The largest absolute Gasteiger partial charge is 0.481 e. The highest BCUT2D eigenvalue weighted by Gasteiger charge is 2.48. The Morgan fingerprint density at radius 3 is 2.52 bits per heavy atom. The number of likely N-dealkylation sites (tertiary alicyclic amines) is 1. The second kappa shape index (κ2) is 6.44. The summed E-state index contributed by atoms with van der Waals surface area (Å²) in [6, 6.07) is 0.783. The van der Waals surface area contributed by atoms with Gasteiger partial charge in [0.1, 0.15) is 12.3 Å². The fraction of sp³-hybridized carbons (Fsp3) is 0.562. The Hall–Kier alpha value is -2.31. The summed E-state index contributed by atoms with van der Waals surface area (Å²) < 4.78 is 4.84. The maximum atomic E-state index is 12.5. The number of nitrogens with one attached hydrogen (secondary N) is 1. The highest BCUT2D eigenvalue weighted by Crippen LogP contribution is 2.38. The Morgan fingerprint density at radius 2 is 2.04 bits per heavy atom. The molecule has 2 atom stereocenters. The van der Waals surface area contributed by atoms with Crippen LogP contribution in [-0.2, 0) is 9.59 Å². The first kappa shape index (κ1) is 17.1. The third-order valence-electron chi connectivity index (χ3n) is 4.65. The van der Waals surface area contributed by atoms with Crippen LogP contribution in [0.15, 0.2) is 23.0 Å². The molecule has 7 heteroatoms. The summed E-state index contributed by atoms with van der Waals surface area (Å²) in [5, 5.41) is 12.1. The lowest BCUT2D eigenvalue weighted by Crippen LogP contribution is -2.48. The van der Waals surface area contributed by atoms with Crippen molar-refractivity contribution in [1.82, 2.24) is 10.2 Å². The quantitative estimate of drug-likeness (QED) is 0.852. The van der Waals surface area contributed by atoms with Gasteiger partial charge in [0.2, 0.25) is 5.91 Å². The van der Waals surface area contributed by atoms with Crippen LogP contribution in [0, 0.1) is 11.3 Å². The first-order chi connectivity index (χ1) is 10.8. The molecule has 1 saturated heterocycles. The van der Waals surface area contributed by atoms with Crippen molar-refractivity contribution in [3.63, 3.8) is 0 Å². The van der Waals surface area contributed by atoms with Gasteiger partial charge >= 0.3 is 5.97 Å². The second-order valence-electron chi connectivity index (χ2n) is 6.33. The van der Waals surface area contributed by atoms with Crippen molar-refractivity contribution in [2.45, 2.75) is 33.2 Å². The molecule has 1 aliphatic heterocycles. The molecule has 23 heavy (non-hydrogen) atoms. The number of hydrogen-bond acceptors (Lipinski definition) is 4. The summed E-state index contributed by atoms with van der Waals surface area (Å²) in [5.41, 5.74) is -0.572. The Kier molecular flexibility index (Phi) is 4.77. The number of amides is 2. The minimum Gasteiger partial charge on any atom is -0.481 e. The minimum absolute atomic E-state index is 0.0753. The van der Waals surface area contributed by atoms with Gasteiger partial charge in [-0.05, 0) is 25.3 Å². The molecule has 126 valence electrons. The van der Waals surface area contributed by atoms with Gasteiger partial charge in [0.05, 0.1) is 17.2 Å². The molecule has 1 aromatic heterocycles. The number of aliphatic carboxylic acids is 1. The Morgan fingerprint density at radius 1 is 1.35 bits per heavy atom. The third kappa shape index (κ3) is 3.23. The lowest BCUT2D eigenvalue weighted by molar-refractivity contribution is -0.151. The van der Waals surface area contributed by atoms with Gasteiger partial charge in [-0.1, -0.05) is 13.8 Å². The SMILES string of the molecule is CC(NC(=O)c1ccoc1)C(=O)N1CCC(C(=O)O)(C(C)C)C1. The number of furan rings is 1. The molecule has 1 aliphatic rings. The molecule has 1 aromatic rings. The van der Waals surface area contributed by atoms with Crippen LogP contribution in [0.25, 0.3) is 0 Å². The van der Waals surface area contributed by atoms with E-state index in [4.69, 9.17) is 4.42 Å². The molecule has 0 spiro atoms. The monoisotopic (exact) mass is 322 g/mol. The topological polar surface area (TPSA) is 99.9 Å². The number of carboxylic acid groups (broad SMARTS) is 1. The van der Waals surface area contributed by atoms with Crippen LogP contribution in [-0.4, -0.2) is 46.9 Å². The van der Waals surface area contributed by atoms with Gasteiger partial charge in [0.15, 0.2) is 0 Å². The van der Waals surface area contributed by atoms with Crippen LogP contribution in [0.3, 0.4) is 0 Å². The third-order valence-corrected chi connectivity index (χ3v) is 4.65. The Labute approximate surface area is 134 Å². The van der Waals surface area contributed by atoms with E-state index in [0.717, 1.165) is 0 Å².